The van der Waals surface area contributed by atoms with Gasteiger partial charge in [0.1, 0.15) is 5.84 Å². The van der Waals surface area contributed by atoms with Gasteiger partial charge in [-0.05, 0) is 30.0 Å². The van der Waals surface area contributed by atoms with Crippen LogP contribution in [0.15, 0.2) is 23.2 Å². The molecule has 1 N–H and O–H groups in total. The largest absolute Gasteiger partial charge is 0.453 e. The van der Waals surface area contributed by atoms with E-state index < -0.39 is 6.09 Å². The van der Waals surface area contributed by atoms with E-state index in [2.05, 4.69) is 40.2 Å². The average Bonchev–Trinajstić information content (AvgIpc) is 2.77. The summed E-state index contributed by atoms with van der Waals surface area (Å²) in [5.41, 5.74) is 3.43. The van der Waals surface area contributed by atoms with Gasteiger partial charge in [0, 0.05) is 6.42 Å². The second-order valence-electron chi connectivity index (χ2n) is 4.42. The van der Waals surface area contributed by atoms with Crippen LogP contribution >= 0.6 is 0 Å². The summed E-state index contributed by atoms with van der Waals surface area (Å²) in [6, 6.07) is 6.35. The number of unbranched alkanes of at least 4 members (excludes halogenated alkanes) is 1. The number of carbonyl (C=O) groups excluding carboxylic acids is 1. The number of alkyl carbamates (subject to hydrolysis) is 1. The van der Waals surface area contributed by atoms with Crippen LogP contribution in [0.4, 0.5) is 10.5 Å². The van der Waals surface area contributed by atoms with Crippen LogP contribution in [0.2, 0.25) is 0 Å². The molecule has 96 valence electrons. The lowest BCUT2D eigenvalue weighted by atomic mass is 10.0. The van der Waals surface area contributed by atoms with Crippen LogP contribution in [0, 0.1) is 0 Å². The predicted molar refractivity (Wildman–Crippen MR) is 71.4 cm³/mol. The Morgan fingerprint density at radius 1 is 1.50 bits per heavy atom. The molecule has 1 amide bonds. The molecule has 0 atom stereocenters. The third kappa shape index (κ3) is 2.88. The van der Waals surface area contributed by atoms with Crippen LogP contribution in [0.3, 0.4) is 0 Å². The maximum absolute atomic E-state index is 11.1. The zero-order valence-electron chi connectivity index (χ0n) is 10.8. The number of hydrogen-bond acceptors (Lipinski definition) is 3. The van der Waals surface area contributed by atoms with Crippen LogP contribution < -0.4 is 5.32 Å². The molecule has 0 fully saturated rings. The number of carbonyl (C=O) groups is 1. The molecule has 0 radical (unpaired) electrons. The van der Waals surface area contributed by atoms with Gasteiger partial charge in [-0.15, -0.1) is 0 Å². The van der Waals surface area contributed by atoms with Gasteiger partial charge in [-0.25, -0.2) is 9.79 Å². The highest BCUT2D eigenvalue weighted by molar-refractivity contribution is 6.00. The van der Waals surface area contributed by atoms with Gasteiger partial charge >= 0.3 is 6.09 Å². The Hall–Kier alpha value is -1.84. The number of aryl methyl sites for hydroxylation is 1. The zero-order valence-corrected chi connectivity index (χ0v) is 10.8. The summed E-state index contributed by atoms with van der Waals surface area (Å²) in [5.74, 6) is 0.657. The van der Waals surface area contributed by atoms with Gasteiger partial charge in [-0.1, -0.05) is 25.5 Å². The second kappa shape index (κ2) is 5.67. The quantitative estimate of drug-likeness (QED) is 0.891. The summed E-state index contributed by atoms with van der Waals surface area (Å²) in [6.45, 7) is 2.18. The Kier molecular flexibility index (Phi) is 3.97. The molecular weight excluding hydrogens is 228 g/mol. The van der Waals surface area contributed by atoms with E-state index in [0.717, 1.165) is 17.7 Å². The number of amidine groups is 1. The maximum Gasteiger partial charge on any atom is 0.412 e. The molecule has 18 heavy (non-hydrogen) atoms. The smallest absolute Gasteiger partial charge is 0.412 e. The summed E-state index contributed by atoms with van der Waals surface area (Å²) in [4.78, 5) is 15.5. The van der Waals surface area contributed by atoms with E-state index in [4.69, 9.17) is 0 Å². The minimum atomic E-state index is -0.465. The van der Waals surface area contributed by atoms with Gasteiger partial charge in [0.05, 0.1) is 12.8 Å². The first-order valence-corrected chi connectivity index (χ1v) is 6.27. The summed E-state index contributed by atoms with van der Waals surface area (Å²) in [7, 11) is 1.35. The highest BCUT2D eigenvalue weighted by atomic mass is 16.5. The molecule has 1 aromatic carbocycles. The van der Waals surface area contributed by atoms with E-state index in [0.29, 0.717) is 12.3 Å². The van der Waals surface area contributed by atoms with Gasteiger partial charge in [0.15, 0.2) is 0 Å². The maximum atomic E-state index is 11.1. The van der Waals surface area contributed by atoms with E-state index >= 15 is 0 Å². The first-order chi connectivity index (χ1) is 8.72. The molecular formula is C14H18N2O2. The van der Waals surface area contributed by atoms with Crippen molar-refractivity contribution in [2.24, 2.45) is 4.99 Å². The molecule has 0 aromatic heterocycles. The first kappa shape index (κ1) is 12.6. The van der Waals surface area contributed by atoms with Gasteiger partial charge in [0.25, 0.3) is 0 Å². The van der Waals surface area contributed by atoms with Crippen molar-refractivity contribution >= 4 is 17.6 Å². The second-order valence-corrected chi connectivity index (χ2v) is 4.42. The Morgan fingerprint density at radius 3 is 3.06 bits per heavy atom. The number of nitrogens with one attached hydrogen (secondary N) is 1. The summed E-state index contributed by atoms with van der Waals surface area (Å²) < 4.78 is 4.56. The van der Waals surface area contributed by atoms with E-state index in [1.54, 1.807) is 0 Å². The molecule has 0 unspecified atom stereocenters. The Balaban J connectivity index is 2.07. The van der Waals surface area contributed by atoms with Crippen LogP contribution in [-0.2, 0) is 17.6 Å². The number of hydrogen-bond donors (Lipinski definition) is 1. The zero-order chi connectivity index (χ0) is 13.0. The number of fused-ring (bicyclic) bond motifs is 1. The van der Waals surface area contributed by atoms with Crippen molar-refractivity contribution in [3.63, 3.8) is 0 Å². The SMILES string of the molecule is CCCCc1ccc2c(c1)N=C(NC(=O)OC)C2. The van der Waals surface area contributed by atoms with Crippen molar-refractivity contribution in [2.45, 2.75) is 32.6 Å². The molecule has 1 aliphatic rings. The molecule has 0 bridgehead atoms. The van der Waals surface area contributed by atoms with Crippen molar-refractivity contribution in [3.8, 4) is 0 Å². The summed E-state index contributed by atoms with van der Waals surface area (Å²) in [5, 5.41) is 2.63. The molecule has 0 spiro atoms. The number of nitrogens with zero attached hydrogens (tertiary/aromatic N) is 1. The third-order valence-corrected chi connectivity index (χ3v) is 3.01. The van der Waals surface area contributed by atoms with Crippen LogP contribution in [0.5, 0.6) is 0 Å². The number of aliphatic imine (C=N–C) groups is 1. The molecule has 1 heterocycles. The third-order valence-electron chi connectivity index (χ3n) is 3.01. The van der Waals surface area contributed by atoms with Crippen LogP contribution in [0.1, 0.15) is 30.9 Å². The van der Waals surface area contributed by atoms with Crippen molar-refractivity contribution in [2.75, 3.05) is 7.11 Å². The number of rotatable bonds is 3. The minimum Gasteiger partial charge on any atom is -0.453 e. The fourth-order valence-electron chi connectivity index (χ4n) is 2.01. The summed E-state index contributed by atoms with van der Waals surface area (Å²) in [6.07, 6.45) is 3.66. The number of methoxy groups -OCH3 is 1. The van der Waals surface area contributed by atoms with E-state index in [1.165, 1.54) is 25.5 Å². The highest BCUT2D eigenvalue weighted by Gasteiger charge is 2.16. The fraction of sp³-hybridized carbons (Fsp3) is 0.429. The Bertz CT molecular complexity index is 481. The van der Waals surface area contributed by atoms with E-state index in [9.17, 15) is 4.79 Å². The van der Waals surface area contributed by atoms with Gasteiger partial charge in [-0.3, -0.25) is 5.32 Å². The highest BCUT2D eigenvalue weighted by Crippen LogP contribution is 2.27. The molecule has 1 aromatic rings. The first-order valence-electron chi connectivity index (χ1n) is 6.27. The number of benzene rings is 1. The standard InChI is InChI=1S/C14H18N2O2/c1-3-4-5-10-6-7-11-9-13(15-12(11)8-10)16-14(17)18-2/h6-8H,3-5,9H2,1-2H3,(H,15,16,17). The monoisotopic (exact) mass is 246 g/mol. The molecule has 4 nitrogen and oxygen atoms in total. The molecule has 0 saturated carbocycles. The van der Waals surface area contributed by atoms with Crippen molar-refractivity contribution < 1.29 is 9.53 Å². The number of amides is 1. The topological polar surface area (TPSA) is 50.7 Å². The molecule has 1 aliphatic heterocycles. The van der Waals surface area contributed by atoms with Gasteiger partial charge < -0.3 is 4.74 Å². The Labute approximate surface area is 107 Å². The van der Waals surface area contributed by atoms with Crippen molar-refractivity contribution in [3.05, 3.63) is 29.3 Å². The fourth-order valence-corrected chi connectivity index (χ4v) is 2.01. The summed E-state index contributed by atoms with van der Waals surface area (Å²) >= 11 is 0. The van der Waals surface area contributed by atoms with E-state index in [1.807, 2.05) is 0 Å². The molecule has 0 saturated heterocycles. The molecule has 2 rings (SSSR count). The van der Waals surface area contributed by atoms with Crippen LogP contribution in [0.25, 0.3) is 0 Å². The van der Waals surface area contributed by atoms with Crippen LogP contribution in [-0.4, -0.2) is 19.0 Å². The number of ether oxygens (including phenoxy) is 1. The normalized spacial score (nSPS) is 12.9. The average molecular weight is 246 g/mol. The van der Waals surface area contributed by atoms with Crippen molar-refractivity contribution in [1.29, 1.82) is 0 Å². The Morgan fingerprint density at radius 2 is 2.33 bits per heavy atom. The lowest BCUT2D eigenvalue weighted by Crippen LogP contribution is -2.30. The van der Waals surface area contributed by atoms with Gasteiger partial charge in [0.2, 0.25) is 0 Å². The lowest BCUT2D eigenvalue weighted by Gasteiger charge is -2.02. The molecule has 0 aliphatic carbocycles. The van der Waals surface area contributed by atoms with Crippen molar-refractivity contribution in [1.82, 2.24) is 5.32 Å². The molecule has 4 heteroatoms. The van der Waals surface area contributed by atoms with E-state index in [-0.39, 0.29) is 0 Å². The minimum absolute atomic E-state index is 0.465. The predicted octanol–water partition coefficient (Wildman–Crippen LogP) is 2.97. The lowest BCUT2D eigenvalue weighted by molar-refractivity contribution is 0.176. The van der Waals surface area contributed by atoms with Gasteiger partial charge in [-0.2, -0.15) is 0 Å².